The van der Waals surface area contributed by atoms with E-state index in [0.717, 1.165) is 49.8 Å². The monoisotopic (exact) mass is 537 g/mol. The standard InChI is InChI=1S/C20H27F4N7O2S2/c1-35(32,33)31-8-3-13(4-9-31)27-19-26-11-14(21)16(29-19)17-18(20(22,23)24)28-15(34-17)12-30-7-2-5-25-6-10-30/h11,13,25H,2-10,12H2,1H3,(H,26,27,29). The van der Waals surface area contributed by atoms with Gasteiger partial charge in [-0.15, -0.1) is 11.3 Å². The fourth-order valence-corrected chi connectivity index (χ4v) is 6.14. The molecule has 4 rings (SSSR count). The van der Waals surface area contributed by atoms with Gasteiger partial charge in [0.05, 0.1) is 23.9 Å². The molecular formula is C20H27F4N7O2S2. The number of halogens is 4. The first-order valence-electron chi connectivity index (χ1n) is 11.3. The zero-order valence-electron chi connectivity index (χ0n) is 19.1. The van der Waals surface area contributed by atoms with Crippen LogP contribution in [0.15, 0.2) is 6.20 Å². The van der Waals surface area contributed by atoms with Crippen LogP contribution in [0.4, 0.5) is 23.5 Å². The highest BCUT2D eigenvalue weighted by Gasteiger charge is 2.39. The van der Waals surface area contributed by atoms with Crippen LogP contribution in [0.2, 0.25) is 0 Å². The highest BCUT2D eigenvalue weighted by atomic mass is 32.2. The van der Waals surface area contributed by atoms with Gasteiger partial charge in [0.15, 0.2) is 11.5 Å². The van der Waals surface area contributed by atoms with Gasteiger partial charge < -0.3 is 10.6 Å². The molecule has 2 fully saturated rings. The smallest absolute Gasteiger partial charge is 0.351 e. The van der Waals surface area contributed by atoms with E-state index in [4.69, 9.17) is 0 Å². The van der Waals surface area contributed by atoms with E-state index in [1.807, 2.05) is 4.90 Å². The van der Waals surface area contributed by atoms with E-state index in [9.17, 15) is 26.0 Å². The normalized spacial score (nSPS) is 19.6. The number of hydrogen-bond acceptors (Lipinski definition) is 9. The van der Waals surface area contributed by atoms with Gasteiger partial charge in [-0.3, -0.25) is 4.90 Å². The van der Waals surface area contributed by atoms with Crippen LogP contribution in [0.3, 0.4) is 0 Å². The third kappa shape index (κ3) is 6.64. The molecule has 2 N–H and O–H groups in total. The Bertz CT molecular complexity index is 1130. The summed E-state index contributed by atoms with van der Waals surface area (Å²) in [5, 5.41) is 6.49. The maximum Gasteiger partial charge on any atom is 0.434 e. The van der Waals surface area contributed by atoms with Gasteiger partial charge in [0, 0.05) is 32.2 Å². The van der Waals surface area contributed by atoms with E-state index < -0.39 is 33.4 Å². The van der Waals surface area contributed by atoms with Crippen molar-refractivity contribution in [1.29, 1.82) is 0 Å². The second kappa shape index (κ2) is 10.6. The number of nitrogens with one attached hydrogen (secondary N) is 2. The fraction of sp³-hybridized carbons (Fsp3) is 0.650. The summed E-state index contributed by atoms with van der Waals surface area (Å²) in [4.78, 5) is 13.4. The van der Waals surface area contributed by atoms with Crippen LogP contribution >= 0.6 is 11.3 Å². The van der Waals surface area contributed by atoms with Crippen molar-refractivity contribution in [3.63, 3.8) is 0 Å². The lowest BCUT2D eigenvalue weighted by Gasteiger charge is -2.30. The van der Waals surface area contributed by atoms with Crippen LogP contribution in [-0.2, 0) is 22.7 Å². The second-order valence-electron chi connectivity index (χ2n) is 8.63. The average Bonchev–Trinajstić information content (AvgIpc) is 3.04. The lowest BCUT2D eigenvalue weighted by molar-refractivity contribution is -0.140. The number of sulfonamides is 1. The minimum absolute atomic E-state index is 0.0131. The number of hydrogen-bond donors (Lipinski definition) is 2. The summed E-state index contributed by atoms with van der Waals surface area (Å²) in [6.07, 6.45) is -0.979. The van der Waals surface area contributed by atoms with Gasteiger partial charge in [0.2, 0.25) is 16.0 Å². The summed E-state index contributed by atoms with van der Waals surface area (Å²) in [6, 6.07) is -0.193. The van der Waals surface area contributed by atoms with E-state index in [-0.39, 0.29) is 28.4 Å². The molecule has 0 atom stereocenters. The van der Waals surface area contributed by atoms with Gasteiger partial charge >= 0.3 is 6.18 Å². The Labute approximate surface area is 205 Å². The van der Waals surface area contributed by atoms with Crippen molar-refractivity contribution < 1.29 is 26.0 Å². The Morgan fingerprint density at radius 2 is 1.91 bits per heavy atom. The maximum atomic E-state index is 14.7. The SMILES string of the molecule is CS(=O)(=O)N1CCC(Nc2ncc(F)c(-c3sc(CN4CCCNCC4)nc3C(F)(F)F)n2)CC1. The Morgan fingerprint density at radius 1 is 1.17 bits per heavy atom. The highest BCUT2D eigenvalue weighted by molar-refractivity contribution is 7.88. The average molecular weight is 538 g/mol. The number of rotatable bonds is 6. The summed E-state index contributed by atoms with van der Waals surface area (Å²) < 4.78 is 80.8. The minimum Gasteiger partial charge on any atom is -0.351 e. The number of aromatic nitrogens is 3. The third-order valence-corrected chi connectivity index (χ3v) is 8.30. The zero-order chi connectivity index (χ0) is 25.2. The Balaban J connectivity index is 1.55. The number of alkyl halides is 3. The van der Waals surface area contributed by atoms with E-state index in [1.54, 1.807) is 0 Å². The molecule has 0 radical (unpaired) electrons. The Kier molecular flexibility index (Phi) is 7.90. The summed E-state index contributed by atoms with van der Waals surface area (Å²) in [6.45, 7) is 3.85. The molecule has 0 aromatic carbocycles. The van der Waals surface area contributed by atoms with E-state index in [1.165, 1.54) is 4.31 Å². The summed E-state index contributed by atoms with van der Waals surface area (Å²) in [5.74, 6) is -0.983. The molecule has 15 heteroatoms. The van der Waals surface area contributed by atoms with Gasteiger partial charge in [-0.2, -0.15) is 13.2 Å². The largest absolute Gasteiger partial charge is 0.434 e. The van der Waals surface area contributed by atoms with Crippen LogP contribution in [0.1, 0.15) is 30.0 Å². The van der Waals surface area contributed by atoms with Crippen LogP contribution in [0.25, 0.3) is 10.6 Å². The molecule has 4 heterocycles. The van der Waals surface area contributed by atoms with Gasteiger partial charge in [-0.05, 0) is 32.4 Å². The quantitative estimate of drug-likeness (QED) is 0.542. The topological polar surface area (TPSA) is 103 Å². The van der Waals surface area contributed by atoms with Crippen LogP contribution in [0, 0.1) is 5.82 Å². The van der Waals surface area contributed by atoms with Crippen molar-refractivity contribution in [2.45, 2.75) is 38.0 Å². The highest BCUT2D eigenvalue weighted by Crippen LogP contribution is 2.41. The van der Waals surface area contributed by atoms with Gasteiger partial charge in [0.25, 0.3) is 0 Å². The van der Waals surface area contributed by atoms with Crippen molar-refractivity contribution >= 4 is 27.3 Å². The van der Waals surface area contributed by atoms with E-state index in [2.05, 4.69) is 25.6 Å². The number of thiazole rings is 1. The predicted octanol–water partition coefficient (Wildman–Crippen LogP) is 2.39. The number of anilines is 1. The lowest BCUT2D eigenvalue weighted by atomic mass is 10.1. The first kappa shape index (κ1) is 26.1. The van der Waals surface area contributed by atoms with Gasteiger partial charge in [0.1, 0.15) is 10.7 Å². The summed E-state index contributed by atoms with van der Waals surface area (Å²) >= 11 is 0.787. The molecule has 194 valence electrons. The molecule has 9 nitrogen and oxygen atoms in total. The first-order valence-corrected chi connectivity index (χ1v) is 13.9. The van der Waals surface area contributed by atoms with Crippen LogP contribution in [0.5, 0.6) is 0 Å². The van der Waals surface area contributed by atoms with Crippen molar-refractivity contribution in [1.82, 2.24) is 29.5 Å². The molecule has 0 saturated carbocycles. The predicted molar refractivity (Wildman–Crippen MR) is 124 cm³/mol. The molecule has 0 bridgehead atoms. The molecule has 0 spiro atoms. The third-order valence-electron chi connectivity index (χ3n) is 5.95. The number of nitrogens with zero attached hydrogens (tertiary/aromatic N) is 5. The molecule has 0 unspecified atom stereocenters. The molecule has 2 aromatic rings. The Morgan fingerprint density at radius 3 is 2.60 bits per heavy atom. The van der Waals surface area contributed by atoms with Crippen molar-refractivity contribution in [2.75, 3.05) is 50.8 Å². The van der Waals surface area contributed by atoms with Gasteiger partial charge in [-0.25, -0.2) is 32.1 Å². The van der Waals surface area contributed by atoms with Crippen molar-refractivity contribution in [3.8, 4) is 10.6 Å². The zero-order valence-corrected chi connectivity index (χ0v) is 20.7. The lowest BCUT2D eigenvalue weighted by Crippen LogP contribution is -2.42. The minimum atomic E-state index is -4.77. The molecule has 0 aliphatic carbocycles. The molecule has 2 saturated heterocycles. The summed E-state index contributed by atoms with van der Waals surface area (Å²) in [5.41, 5.74) is -1.61. The molecule has 2 aromatic heterocycles. The Hall–Kier alpha value is -1.94. The van der Waals surface area contributed by atoms with Gasteiger partial charge in [-0.1, -0.05) is 0 Å². The second-order valence-corrected chi connectivity index (χ2v) is 11.7. The van der Waals surface area contributed by atoms with Crippen LogP contribution in [-0.4, -0.2) is 84.1 Å². The molecular weight excluding hydrogens is 510 g/mol. The van der Waals surface area contributed by atoms with E-state index >= 15 is 0 Å². The molecule has 0 amide bonds. The first-order chi connectivity index (χ1) is 16.5. The summed E-state index contributed by atoms with van der Waals surface area (Å²) in [7, 11) is -3.29. The molecule has 35 heavy (non-hydrogen) atoms. The van der Waals surface area contributed by atoms with E-state index in [0.29, 0.717) is 32.5 Å². The molecule has 2 aliphatic rings. The molecule has 2 aliphatic heterocycles. The fourth-order valence-electron chi connectivity index (χ4n) is 4.15. The van der Waals surface area contributed by atoms with Crippen LogP contribution < -0.4 is 10.6 Å². The van der Waals surface area contributed by atoms with Crippen molar-refractivity contribution in [3.05, 3.63) is 22.7 Å². The van der Waals surface area contributed by atoms with Crippen molar-refractivity contribution in [2.24, 2.45) is 0 Å². The number of piperidine rings is 1. The maximum absolute atomic E-state index is 14.7.